The molecular formula is C51H32S2. The fourth-order valence-electron chi connectivity index (χ4n) is 8.91. The van der Waals surface area contributed by atoms with Crippen LogP contribution in [0.1, 0.15) is 5.56 Å². The summed E-state index contributed by atoms with van der Waals surface area (Å²) in [7, 11) is 0. The summed E-state index contributed by atoms with van der Waals surface area (Å²) in [6, 6.07) is 60.8. The molecule has 0 bridgehead atoms. The Labute approximate surface area is 315 Å². The molecule has 0 aliphatic rings. The highest BCUT2D eigenvalue weighted by Gasteiger charge is 2.23. The van der Waals surface area contributed by atoms with E-state index in [-0.39, 0.29) is 0 Å². The number of fused-ring (bicyclic) bond motifs is 7. The smallest absolute Gasteiger partial charge is 0.0434 e. The van der Waals surface area contributed by atoms with Crippen molar-refractivity contribution in [2.75, 3.05) is 0 Å². The molecule has 248 valence electrons. The minimum absolute atomic E-state index is 1.25. The van der Waals surface area contributed by atoms with Crippen molar-refractivity contribution in [3.05, 3.63) is 180 Å². The highest BCUT2D eigenvalue weighted by atomic mass is 32.1. The van der Waals surface area contributed by atoms with Crippen molar-refractivity contribution in [3.63, 3.8) is 0 Å². The predicted molar refractivity (Wildman–Crippen MR) is 234 cm³/mol. The molecule has 53 heavy (non-hydrogen) atoms. The lowest BCUT2D eigenvalue weighted by Gasteiger charge is -2.18. The van der Waals surface area contributed by atoms with Gasteiger partial charge in [0.05, 0.1) is 0 Å². The van der Waals surface area contributed by atoms with Gasteiger partial charge in [-0.15, -0.1) is 11.3 Å². The van der Waals surface area contributed by atoms with Crippen LogP contribution in [0.5, 0.6) is 0 Å². The van der Waals surface area contributed by atoms with Gasteiger partial charge in [0.15, 0.2) is 0 Å². The minimum Gasteiger partial charge on any atom is -0.151 e. The van der Waals surface area contributed by atoms with Crippen molar-refractivity contribution in [2.24, 2.45) is 0 Å². The Bertz CT molecular complexity index is 3120. The second-order valence-corrected chi connectivity index (χ2v) is 15.8. The maximum absolute atomic E-state index is 2.35. The van der Waals surface area contributed by atoms with Gasteiger partial charge in [0.25, 0.3) is 0 Å². The van der Waals surface area contributed by atoms with E-state index in [1.54, 1.807) is 11.3 Å². The number of benzene rings is 9. The normalized spacial score (nSPS) is 11.9. The van der Waals surface area contributed by atoms with Gasteiger partial charge in [0, 0.05) is 25.7 Å². The lowest BCUT2D eigenvalue weighted by Crippen LogP contribution is -1.91. The topological polar surface area (TPSA) is 0 Å². The molecule has 2 heterocycles. The van der Waals surface area contributed by atoms with Crippen molar-refractivity contribution >= 4 is 85.9 Å². The van der Waals surface area contributed by atoms with Crippen molar-refractivity contribution in [1.82, 2.24) is 0 Å². The first-order valence-electron chi connectivity index (χ1n) is 18.2. The summed E-state index contributed by atoms with van der Waals surface area (Å²) in [5.74, 6) is 0. The highest BCUT2D eigenvalue weighted by Crippen LogP contribution is 2.51. The molecule has 0 saturated heterocycles. The monoisotopic (exact) mass is 708 g/mol. The van der Waals surface area contributed by atoms with E-state index in [4.69, 9.17) is 0 Å². The van der Waals surface area contributed by atoms with Gasteiger partial charge in [-0.1, -0.05) is 158 Å². The van der Waals surface area contributed by atoms with Gasteiger partial charge in [-0.3, -0.25) is 0 Å². The molecule has 0 amide bonds. The van der Waals surface area contributed by atoms with Crippen LogP contribution in [0.25, 0.3) is 108 Å². The summed E-state index contributed by atoms with van der Waals surface area (Å²) in [6.07, 6.45) is 0. The van der Waals surface area contributed by atoms with E-state index in [0.717, 1.165) is 0 Å². The summed E-state index contributed by atoms with van der Waals surface area (Å²) < 4.78 is 2.64. The molecule has 0 saturated carbocycles. The second kappa shape index (κ2) is 12.0. The van der Waals surface area contributed by atoms with Gasteiger partial charge in [0.2, 0.25) is 0 Å². The Kier molecular flexibility index (Phi) is 6.92. The fourth-order valence-corrected chi connectivity index (χ4v) is 11.0. The summed E-state index contributed by atoms with van der Waals surface area (Å²) in [5.41, 5.74) is 11.7. The van der Waals surface area contributed by atoms with E-state index in [2.05, 4.69) is 181 Å². The zero-order valence-electron chi connectivity index (χ0n) is 29.1. The minimum atomic E-state index is 1.25. The van der Waals surface area contributed by atoms with Gasteiger partial charge < -0.3 is 0 Å². The van der Waals surface area contributed by atoms with E-state index >= 15 is 0 Å². The first kappa shape index (κ1) is 30.6. The number of hydrogen-bond acceptors (Lipinski definition) is 2. The molecule has 2 aromatic heterocycles. The van der Waals surface area contributed by atoms with Crippen LogP contribution in [0, 0.1) is 6.92 Å². The number of aryl methyl sites for hydroxylation is 1. The molecule has 11 aromatic rings. The SMILES string of the molecule is Cc1cscc1-c1c2ccccc2c(-c2cccc3sc4c(-c5c6ccccc6c(-c6ccccc6)c6ccccc56)cccc4c23)c2ccccc12. The van der Waals surface area contributed by atoms with Crippen LogP contribution < -0.4 is 0 Å². The van der Waals surface area contributed by atoms with Crippen LogP contribution in [0.15, 0.2) is 175 Å². The molecule has 2 heteroatoms. The largest absolute Gasteiger partial charge is 0.151 e. The average Bonchev–Trinajstić information content (AvgIpc) is 3.82. The fraction of sp³-hybridized carbons (Fsp3) is 0.0196. The first-order valence-corrected chi connectivity index (χ1v) is 19.9. The van der Waals surface area contributed by atoms with E-state index in [1.165, 1.54) is 113 Å². The van der Waals surface area contributed by atoms with Crippen LogP contribution in [0.3, 0.4) is 0 Å². The summed E-state index contributed by atoms with van der Waals surface area (Å²) in [5, 5.41) is 17.6. The third-order valence-electron chi connectivity index (χ3n) is 11.1. The molecule has 0 aliphatic heterocycles. The molecule has 0 N–H and O–H groups in total. The molecule has 11 rings (SSSR count). The quantitative estimate of drug-likeness (QED) is 0.160. The Morgan fingerprint density at radius 1 is 0.340 bits per heavy atom. The number of hydrogen-bond donors (Lipinski definition) is 0. The Morgan fingerprint density at radius 3 is 1.30 bits per heavy atom. The summed E-state index contributed by atoms with van der Waals surface area (Å²) in [4.78, 5) is 0. The lowest BCUT2D eigenvalue weighted by molar-refractivity contribution is 1.55. The van der Waals surface area contributed by atoms with Crippen LogP contribution in [0.4, 0.5) is 0 Å². The zero-order valence-corrected chi connectivity index (χ0v) is 30.7. The van der Waals surface area contributed by atoms with Gasteiger partial charge in [-0.05, 0) is 111 Å². The lowest BCUT2D eigenvalue weighted by atomic mass is 9.84. The van der Waals surface area contributed by atoms with E-state index in [0.29, 0.717) is 0 Å². The van der Waals surface area contributed by atoms with Crippen LogP contribution >= 0.6 is 22.7 Å². The predicted octanol–water partition coefficient (Wildman–Crippen LogP) is 15.7. The first-order chi connectivity index (χ1) is 26.3. The summed E-state index contributed by atoms with van der Waals surface area (Å²) in [6.45, 7) is 2.24. The molecule has 0 radical (unpaired) electrons. The third-order valence-corrected chi connectivity index (χ3v) is 13.2. The van der Waals surface area contributed by atoms with Crippen LogP contribution in [-0.4, -0.2) is 0 Å². The van der Waals surface area contributed by atoms with Crippen molar-refractivity contribution < 1.29 is 0 Å². The van der Waals surface area contributed by atoms with Gasteiger partial charge >= 0.3 is 0 Å². The molecule has 0 spiro atoms. The average molecular weight is 709 g/mol. The van der Waals surface area contributed by atoms with Gasteiger partial charge in [-0.2, -0.15) is 11.3 Å². The zero-order chi connectivity index (χ0) is 35.0. The van der Waals surface area contributed by atoms with Gasteiger partial charge in [0.1, 0.15) is 0 Å². The molecular weight excluding hydrogens is 677 g/mol. The molecule has 0 fully saturated rings. The van der Waals surface area contributed by atoms with E-state index < -0.39 is 0 Å². The van der Waals surface area contributed by atoms with Crippen molar-refractivity contribution in [3.8, 4) is 44.5 Å². The maximum atomic E-state index is 2.35. The molecule has 0 unspecified atom stereocenters. The Balaban J connectivity index is 1.24. The van der Waals surface area contributed by atoms with Crippen LogP contribution in [-0.2, 0) is 0 Å². The number of thiophene rings is 2. The molecule has 0 aliphatic carbocycles. The Hall–Kier alpha value is -6.06. The highest BCUT2D eigenvalue weighted by molar-refractivity contribution is 7.26. The molecule has 0 nitrogen and oxygen atoms in total. The number of rotatable bonds is 4. The molecule has 9 aromatic carbocycles. The van der Waals surface area contributed by atoms with Gasteiger partial charge in [-0.25, -0.2) is 0 Å². The van der Waals surface area contributed by atoms with E-state index in [1.807, 2.05) is 11.3 Å². The maximum Gasteiger partial charge on any atom is 0.0434 e. The Morgan fingerprint density at radius 2 is 0.774 bits per heavy atom. The van der Waals surface area contributed by atoms with Crippen molar-refractivity contribution in [2.45, 2.75) is 6.92 Å². The summed E-state index contributed by atoms with van der Waals surface area (Å²) >= 11 is 3.71. The van der Waals surface area contributed by atoms with Crippen LogP contribution in [0.2, 0.25) is 0 Å². The standard InChI is InChI=1S/C51H32S2/c1-31-29-52-30-44(31)49-39-23-11-9-21-37(39)47(38-22-10-12-24-40(38)49)41-25-14-28-45-50(41)43-27-13-26-42(51(43)53-45)48-35-19-7-5-17-33(35)46(32-15-3-2-4-16-32)34-18-6-8-20-36(34)48/h2-30H,1H3. The second-order valence-electron chi connectivity index (χ2n) is 14.0. The third kappa shape index (κ3) is 4.53. The molecule has 0 atom stereocenters. The van der Waals surface area contributed by atoms with Crippen molar-refractivity contribution in [1.29, 1.82) is 0 Å². The van der Waals surface area contributed by atoms with E-state index in [9.17, 15) is 0 Å².